The Morgan fingerprint density at radius 3 is 2.59 bits per heavy atom. The molecule has 1 aliphatic rings. The molecule has 2 heterocycles. The van der Waals surface area contributed by atoms with Crippen LogP contribution in [0.1, 0.15) is 29.0 Å². The molecule has 4 rings (SSSR count). The number of carbonyl (C=O) groups is 1. The van der Waals surface area contributed by atoms with Crippen molar-refractivity contribution in [1.82, 2.24) is 9.78 Å². The predicted molar refractivity (Wildman–Crippen MR) is 109 cm³/mol. The van der Waals surface area contributed by atoms with E-state index < -0.39 is 0 Å². The van der Waals surface area contributed by atoms with Crippen molar-refractivity contribution in [3.63, 3.8) is 0 Å². The number of anilines is 1. The van der Waals surface area contributed by atoms with Crippen molar-refractivity contribution in [2.45, 2.75) is 18.9 Å². The molecule has 7 nitrogen and oxygen atoms in total. The first kappa shape index (κ1) is 19.1. The standard InChI is InChI=1S/C21H20ClN3O4/c1-28-17-7-13(8-18(29-2)20(17)27)14-9-19(26)24-21-15(14)10-23-25(21)11-12-5-3-4-6-16(12)22/h3-8,10,14,27H,9,11H2,1-2H3,(H,24,26)/t14-/m1/s1. The van der Waals surface area contributed by atoms with Crippen LogP contribution in [0.4, 0.5) is 5.82 Å². The molecule has 1 amide bonds. The number of ether oxygens (including phenoxy) is 2. The van der Waals surface area contributed by atoms with E-state index in [1.165, 1.54) is 14.2 Å². The van der Waals surface area contributed by atoms with Gasteiger partial charge in [-0.25, -0.2) is 4.68 Å². The molecule has 1 aliphatic heterocycles. The Hall–Kier alpha value is -3.19. The van der Waals surface area contributed by atoms with E-state index in [4.69, 9.17) is 21.1 Å². The smallest absolute Gasteiger partial charge is 0.226 e. The average molecular weight is 414 g/mol. The summed E-state index contributed by atoms with van der Waals surface area (Å²) in [6, 6.07) is 11.0. The Morgan fingerprint density at radius 2 is 1.93 bits per heavy atom. The topological polar surface area (TPSA) is 85.6 Å². The molecule has 0 unspecified atom stereocenters. The van der Waals surface area contributed by atoms with Gasteiger partial charge in [0.05, 0.1) is 27.0 Å². The summed E-state index contributed by atoms with van der Waals surface area (Å²) in [5, 5.41) is 18.2. The fourth-order valence-electron chi connectivity index (χ4n) is 3.59. The lowest BCUT2D eigenvalue weighted by Gasteiger charge is -2.25. The van der Waals surface area contributed by atoms with Crippen LogP contribution >= 0.6 is 11.6 Å². The monoisotopic (exact) mass is 413 g/mol. The average Bonchev–Trinajstić information content (AvgIpc) is 3.12. The van der Waals surface area contributed by atoms with Crippen LogP contribution in [0.5, 0.6) is 17.2 Å². The number of hydrogen-bond acceptors (Lipinski definition) is 5. The number of halogens is 1. The molecule has 1 atom stereocenters. The minimum atomic E-state index is -0.248. The van der Waals surface area contributed by atoms with Crippen molar-refractivity contribution in [2.75, 3.05) is 19.5 Å². The van der Waals surface area contributed by atoms with Crippen LogP contribution in [-0.2, 0) is 11.3 Å². The van der Waals surface area contributed by atoms with Gasteiger partial charge in [-0.3, -0.25) is 4.79 Å². The maximum Gasteiger partial charge on any atom is 0.226 e. The Kier molecular flexibility index (Phi) is 5.07. The highest BCUT2D eigenvalue weighted by Crippen LogP contribution is 2.44. The number of amides is 1. The van der Waals surface area contributed by atoms with Crippen LogP contribution in [0, 0.1) is 0 Å². The molecule has 0 saturated carbocycles. The number of aromatic nitrogens is 2. The van der Waals surface area contributed by atoms with E-state index >= 15 is 0 Å². The zero-order chi connectivity index (χ0) is 20.5. The van der Waals surface area contributed by atoms with Crippen molar-refractivity contribution < 1.29 is 19.4 Å². The van der Waals surface area contributed by atoms with Gasteiger partial charge in [-0.05, 0) is 29.3 Å². The van der Waals surface area contributed by atoms with Gasteiger partial charge in [0.15, 0.2) is 11.5 Å². The summed E-state index contributed by atoms with van der Waals surface area (Å²) in [5.74, 6) is 0.771. The zero-order valence-electron chi connectivity index (χ0n) is 16.0. The molecule has 1 aromatic heterocycles. The number of methoxy groups -OCH3 is 2. The van der Waals surface area contributed by atoms with E-state index in [0.717, 1.165) is 16.7 Å². The molecule has 2 aromatic carbocycles. The number of phenolic OH excluding ortho intramolecular Hbond substituents is 1. The van der Waals surface area contributed by atoms with Crippen molar-refractivity contribution >= 4 is 23.3 Å². The number of benzene rings is 2. The van der Waals surface area contributed by atoms with Gasteiger partial charge in [-0.15, -0.1) is 0 Å². The van der Waals surface area contributed by atoms with Gasteiger partial charge in [0.2, 0.25) is 11.7 Å². The second kappa shape index (κ2) is 7.67. The third kappa shape index (κ3) is 3.49. The molecule has 0 radical (unpaired) electrons. The number of aromatic hydroxyl groups is 1. The summed E-state index contributed by atoms with van der Waals surface area (Å²) >= 11 is 6.28. The maximum atomic E-state index is 12.5. The number of hydrogen-bond donors (Lipinski definition) is 2. The first-order chi connectivity index (χ1) is 14.0. The molecular weight excluding hydrogens is 394 g/mol. The molecule has 0 spiro atoms. The van der Waals surface area contributed by atoms with Crippen molar-refractivity contribution in [1.29, 1.82) is 0 Å². The van der Waals surface area contributed by atoms with E-state index in [0.29, 0.717) is 17.4 Å². The summed E-state index contributed by atoms with van der Waals surface area (Å²) in [5.41, 5.74) is 2.58. The van der Waals surface area contributed by atoms with Gasteiger partial charge in [0.25, 0.3) is 0 Å². The fraction of sp³-hybridized carbons (Fsp3) is 0.238. The highest BCUT2D eigenvalue weighted by molar-refractivity contribution is 6.31. The van der Waals surface area contributed by atoms with Gasteiger partial charge in [0, 0.05) is 22.9 Å². The van der Waals surface area contributed by atoms with Crippen LogP contribution in [0.2, 0.25) is 5.02 Å². The molecular formula is C21H20ClN3O4. The summed E-state index contributed by atoms with van der Waals surface area (Å²) in [4.78, 5) is 12.5. The first-order valence-electron chi connectivity index (χ1n) is 9.05. The molecule has 0 aliphatic carbocycles. The van der Waals surface area contributed by atoms with Gasteiger partial charge < -0.3 is 19.9 Å². The largest absolute Gasteiger partial charge is 0.502 e. The summed E-state index contributed by atoms with van der Waals surface area (Å²) in [6.07, 6.45) is 2.00. The van der Waals surface area contributed by atoms with E-state index in [1.807, 2.05) is 24.3 Å². The van der Waals surface area contributed by atoms with Crippen LogP contribution in [0.25, 0.3) is 0 Å². The van der Waals surface area contributed by atoms with E-state index in [2.05, 4.69) is 10.4 Å². The molecule has 29 heavy (non-hydrogen) atoms. The van der Waals surface area contributed by atoms with Crippen molar-refractivity contribution in [3.8, 4) is 17.2 Å². The van der Waals surface area contributed by atoms with E-state index in [-0.39, 0.29) is 35.5 Å². The lowest BCUT2D eigenvalue weighted by molar-refractivity contribution is -0.116. The molecule has 0 saturated heterocycles. The second-order valence-corrected chi connectivity index (χ2v) is 7.18. The molecule has 8 heteroatoms. The number of rotatable bonds is 5. The fourth-order valence-corrected chi connectivity index (χ4v) is 3.79. The van der Waals surface area contributed by atoms with Gasteiger partial charge in [-0.2, -0.15) is 5.10 Å². The number of nitrogens with zero attached hydrogens (tertiary/aromatic N) is 2. The highest BCUT2D eigenvalue weighted by atomic mass is 35.5. The number of phenols is 1. The lowest BCUT2D eigenvalue weighted by Crippen LogP contribution is -2.25. The Balaban J connectivity index is 1.76. The quantitative estimate of drug-likeness (QED) is 0.664. The van der Waals surface area contributed by atoms with E-state index in [1.54, 1.807) is 23.0 Å². The normalized spacial score (nSPS) is 15.6. The third-order valence-electron chi connectivity index (χ3n) is 5.07. The van der Waals surface area contributed by atoms with Gasteiger partial charge >= 0.3 is 0 Å². The summed E-state index contributed by atoms with van der Waals surface area (Å²) < 4.78 is 12.3. The molecule has 3 aromatic rings. The Bertz CT molecular complexity index is 1050. The minimum absolute atomic E-state index is 0.0753. The first-order valence-corrected chi connectivity index (χ1v) is 9.43. The highest BCUT2D eigenvalue weighted by Gasteiger charge is 2.31. The molecule has 0 fully saturated rings. The number of carbonyl (C=O) groups excluding carboxylic acids is 1. The Labute approximate surface area is 172 Å². The zero-order valence-corrected chi connectivity index (χ0v) is 16.7. The van der Waals surface area contributed by atoms with Gasteiger partial charge in [-0.1, -0.05) is 29.8 Å². The van der Waals surface area contributed by atoms with Crippen LogP contribution < -0.4 is 14.8 Å². The molecule has 0 bridgehead atoms. The van der Waals surface area contributed by atoms with Crippen molar-refractivity contribution in [2.24, 2.45) is 0 Å². The third-order valence-corrected chi connectivity index (χ3v) is 5.44. The second-order valence-electron chi connectivity index (χ2n) is 6.78. The summed E-state index contributed by atoms with van der Waals surface area (Å²) in [6.45, 7) is 0.435. The van der Waals surface area contributed by atoms with Gasteiger partial charge in [0.1, 0.15) is 5.82 Å². The van der Waals surface area contributed by atoms with E-state index in [9.17, 15) is 9.90 Å². The van der Waals surface area contributed by atoms with Crippen molar-refractivity contribution in [3.05, 3.63) is 64.3 Å². The number of fused-ring (bicyclic) bond motifs is 1. The molecule has 2 N–H and O–H groups in total. The summed E-state index contributed by atoms with van der Waals surface area (Å²) in [7, 11) is 2.94. The SMILES string of the molecule is COc1cc([C@H]2CC(=O)Nc3c2cnn3Cc2ccccc2Cl)cc(OC)c1O. The Morgan fingerprint density at radius 1 is 1.24 bits per heavy atom. The minimum Gasteiger partial charge on any atom is -0.502 e. The predicted octanol–water partition coefficient (Wildman–Crippen LogP) is 3.78. The number of nitrogens with one attached hydrogen (secondary N) is 1. The maximum absolute atomic E-state index is 12.5. The molecule has 150 valence electrons. The van der Waals surface area contributed by atoms with Crippen LogP contribution in [0.3, 0.4) is 0 Å². The van der Waals surface area contributed by atoms with Crippen LogP contribution in [0.15, 0.2) is 42.6 Å². The van der Waals surface area contributed by atoms with Crippen LogP contribution in [-0.4, -0.2) is 35.0 Å². The lowest BCUT2D eigenvalue weighted by atomic mass is 9.87.